The van der Waals surface area contributed by atoms with E-state index < -0.39 is 0 Å². The lowest BCUT2D eigenvalue weighted by Crippen LogP contribution is -2.27. The number of carbonyl (C=O) groups excluding carboxylic acids is 1. The van der Waals surface area contributed by atoms with Crippen molar-refractivity contribution in [2.45, 2.75) is 26.9 Å². The van der Waals surface area contributed by atoms with Crippen LogP contribution in [0.5, 0.6) is 0 Å². The molecule has 1 atom stereocenters. The molecule has 96 valence electrons. The summed E-state index contributed by atoms with van der Waals surface area (Å²) in [6.45, 7) is 6.28. The van der Waals surface area contributed by atoms with Crippen molar-refractivity contribution in [1.29, 1.82) is 0 Å². The number of ether oxygens (including phenoxy) is 1. The van der Waals surface area contributed by atoms with E-state index in [1.165, 1.54) is 0 Å². The molecule has 0 saturated carbocycles. The minimum absolute atomic E-state index is 0.0788. The van der Waals surface area contributed by atoms with Crippen LogP contribution in [0.25, 0.3) is 5.57 Å². The highest BCUT2D eigenvalue weighted by molar-refractivity contribution is 8.02. The van der Waals surface area contributed by atoms with Gasteiger partial charge in [-0.25, -0.2) is 4.79 Å². The van der Waals surface area contributed by atoms with Crippen molar-refractivity contribution in [3.8, 4) is 0 Å². The lowest BCUT2D eigenvalue weighted by molar-refractivity contribution is -0.141. The van der Waals surface area contributed by atoms with E-state index in [1.807, 2.05) is 36.6 Å². The highest BCUT2D eigenvalue weighted by atomic mass is 32.2. The normalized spacial score (nSPS) is 20.2. The summed E-state index contributed by atoms with van der Waals surface area (Å²) in [4.78, 5) is 13.1. The zero-order valence-corrected chi connectivity index (χ0v) is 12.0. The van der Waals surface area contributed by atoms with Gasteiger partial charge in [0.25, 0.3) is 0 Å². The number of thioether (sulfide) groups is 1. The van der Waals surface area contributed by atoms with Crippen LogP contribution in [-0.2, 0) is 9.53 Å². The summed E-state index contributed by atoms with van der Waals surface area (Å²) < 4.78 is 5.56. The van der Waals surface area contributed by atoms with Crippen LogP contribution < -0.4 is 0 Å². The van der Waals surface area contributed by atoms with Gasteiger partial charge in [0.1, 0.15) is 6.10 Å². The molecule has 0 spiro atoms. The van der Waals surface area contributed by atoms with Crippen LogP contribution in [0, 0.1) is 5.41 Å². The quantitative estimate of drug-likeness (QED) is 0.760. The van der Waals surface area contributed by atoms with Gasteiger partial charge < -0.3 is 4.74 Å². The molecule has 0 radical (unpaired) electrons. The van der Waals surface area contributed by atoms with E-state index in [4.69, 9.17) is 4.74 Å². The van der Waals surface area contributed by atoms with Crippen LogP contribution in [0.4, 0.5) is 0 Å². The minimum Gasteiger partial charge on any atom is -0.453 e. The molecule has 0 fully saturated rings. The van der Waals surface area contributed by atoms with Crippen molar-refractivity contribution >= 4 is 23.3 Å². The van der Waals surface area contributed by atoms with Gasteiger partial charge in [-0.3, -0.25) is 0 Å². The van der Waals surface area contributed by atoms with Gasteiger partial charge in [0, 0.05) is 10.3 Å². The van der Waals surface area contributed by atoms with E-state index in [1.54, 1.807) is 11.8 Å². The maximum atomic E-state index is 12.1. The zero-order chi connectivity index (χ0) is 13.3. The lowest BCUT2D eigenvalue weighted by Gasteiger charge is -2.27. The minimum atomic E-state index is -0.203. The van der Waals surface area contributed by atoms with Crippen LogP contribution in [0.2, 0.25) is 0 Å². The van der Waals surface area contributed by atoms with Gasteiger partial charge in [-0.05, 0) is 11.8 Å². The Kier molecular flexibility index (Phi) is 3.53. The molecule has 0 aromatic heterocycles. The molecule has 0 saturated heterocycles. The molecule has 18 heavy (non-hydrogen) atoms. The molecule has 2 rings (SSSR count). The molecule has 1 aliphatic heterocycles. The summed E-state index contributed by atoms with van der Waals surface area (Å²) in [5.41, 5.74) is 1.59. The molecule has 2 nitrogen and oxygen atoms in total. The Morgan fingerprint density at radius 2 is 1.78 bits per heavy atom. The number of rotatable bonds is 2. The molecule has 1 aromatic carbocycles. The van der Waals surface area contributed by atoms with Gasteiger partial charge in [-0.2, -0.15) is 0 Å². The van der Waals surface area contributed by atoms with Crippen LogP contribution in [0.1, 0.15) is 26.3 Å². The van der Waals surface area contributed by atoms with Crippen molar-refractivity contribution < 1.29 is 9.53 Å². The van der Waals surface area contributed by atoms with Gasteiger partial charge in [-0.1, -0.05) is 51.1 Å². The van der Waals surface area contributed by atoms with Gasteiger partial charge in [0.15, 0.2) is 0 Å². The molecule has 1 aliphatic rings. The molecule has 3 heteroatoms. The Bertz CT molecular complexity index is 483. The van der Waals surface area contributed by atoms with Gasteiger partial charge in [0.05, 0.1) is 5.57 Å². The number of cyclic esters (lactones) is 1. The first-order chi connectivity index (χ1) is 8.45. The summed E-state index contributed by atoms with van der Waals surface area (Å²) >= 11 is 1.61. The van der Waals surface area contributed by atoms with Crippen LogP contribution in [0.3, 0.4) is 0 Å². The Labute approximate surface area is 112 Å². The third kappa shape index (κ3) is 2.32. The van der Waals surface area contributed by atoms with E-state index in [9.17, 15) is 4.79 Å². The standard InChI is InChI=1S/C15H18O2S/c1-15(2,3)13-12(18-4)11(14(16)17-13)10-8-6-5-7-9-10/h5-9,13H,1-4H3. The predicted octanol–water partition coefficient (Wildman–Crippen LogP) is 3.73. The highest BCUT2D eigenvalue weighted by Crippen LogP contribution is 2.43. The van der Waals surface area contributed by atoms with Crippen LogP contribution in [0.15, 0.2) is 35.2 Å². The summed E-state index contributed by atoms with van der Waals surface area (Å²) in [5, 5.41) is 0. The predicted molar refractivity (Wildman–Crippen MR) is 76.2 cm³/mol. The van der Waals surface area contributed by atoms with Crippen LogP contribution >= 0.6 is 11.8 Å². The van der Waals surface area contributed by atoms with E-state index >= 15 is 0 Å². The first kappa shape index (κ1) is 13.2. The van der Waals surface area contributed by atoms with E-state index in [2.05, 4.69) is 20.8 Å². The number of benzene rings is 1. The second-order valence-corrected chi connectivity index (χ2v) is 6.31. The number of hydrogen-bond acceptors (Lipinski definition) is 3. The molecule has 1 heterocycles. The molecule has 0 amide bonds. The fourth-order valence-electron chi connectivity index (χ4n) is 2.10. The average Bonchev–Trinajstić information content (AvgIpc) is 2.67. The largest absolute Gasteiger partial charge is 0.453 e. The summed E-state index contributed by atoms with van der Waals surface area (Å²) in [5.74, 6) is -0.203. The smallest absolute Gasteiger partial charge is 0.340 e. The Morgan fingerprint density at radius 3 is 2.28 bits per heavy atom. The maximum Gasteiger partial charge on any atom is 0.340 e. The third-order valence-corrected chi connectivity index (χ3v) is 3.84. The number of hydrogen-bond donors (Lipinski definition) is 0. The molecular weight excluding hydrogens is 244 g/mol. The SMILES string of the molecule is CSC1=C(c2ccccc2)C(=O)OC1C(C)(C)C. The monoisotopic (exact) mass is 262 g/mol. The number of esters is 1. The Balaban J connectivity index is 2.52. The molecule has 0 bridgehead atoms. The summed E-state index contributed by atoms with van der Waals surface area (Å²) in [6, 6.07) is 9.75. The van der Waals surface area contributed by atoms with Crippen molar-refractivity contribution in [1.82, 2.24) is 0 Å². The van der Waals surface area contributed by atoms with Gasteiger partial charge in [0.2, 0.25) is 0 Å². The Hall–Kier alpha value is -1.22. The first-order valence-electron chi connectivity index (χ1n) is 5.99. The van der Waals surface area contributed by atoms with E-state index in [0.29, 0.717) is 0 Å². The van der Waals surface area contributed by atoms with Gasteiger partial charge >= 0.3 is 5.97 Å². The Morgan fingerprint density at radius 1 is 1.17 bits per heavy atom. The summed E-state index contributed by atoms with van der Waals surface area (Å²) in [6.07, 6.45) is 1.86. The first-order valence-corrected chi connectivity index (χ1v) is 7.22. The highest BCUT2D eigenvalue weighted by Gasteiger charge is 2.41. The lowest BCUT2D eigenvalue weighted by atomic mass is 9.88. The third-order valence-electron chi connectivity index (χ3n) is 2.98. The molecule has 1 unspecified atom stereocenters. The molecule has 0 aliphatic carbocycles. The average molecular weight is 262 g/mol. The number of carbonyl (C=O) groups is 1. The van der Waals surface area contributed by atoms with E-state index in [0.717, 1.165) is 16.0 Å². The van der Waals surface area contributed by atoms with E-state index in [-0.39, 0.29) is 17.5 Å². The maximum absolute atomic E-state index is 12.1. The van der Waals surface area contributed by atoms with Crippen molar-refractivity contribution in [3.05, 3.63) is 40.8 Å². The second kappa shape index (κ2) is 4.81. The topological polar surface area (TPSA) is 26.3 Å². The molecule has 0 N–H and O–H groups in total. The molecular formula is C15H18O2S. The van der Waals surface area contributed by atoms with Crippen molar-refractivity contribution in [3.63, 3.8) is 0 Å². The van der Waals surface area contributed by atoms with Crippen molar-refractivity contribution in [2.24, 2.45) is 5.41 Å². The molecule has 1 aromatic rings. The zero-order valence-electron chi connectivity index (χ0n) is 11.2. The van der Waals surface area contributed by atoms with Crippen LogP contribution in [-0.4, -0.2) is 18.3 Å². The fraction of sp³-hybridized carbons (Fsp3) is 0.400. The van der Waals surface area contributed by atoms with Gasteiger partial charge in [-0.15, -0.1) is 11.8 Å². The summed E-state index contributed by atoms with van der Waals surface area (Å²) in [7, 11) is 0. The van der Waals surface area contributed by atoms with Crippen molar-refractivity contribution in [2.75, 3.05) is 6.26 Å². The second-order valence-electron chi connectivity index (χ2n) is 5.46. The fourth-order valence-corrected chi connectivity index (χ4v) is 3.12.